The molecule has 1 aromatic carbocycles. The lowest BCUT2D eigenvalue weighted by Gasteiger charge is -2.33. The highest BCUT2D eigenvalue weighted by atomic mass is 32.3. The van der Waals surface area contributed by atoms with Crippen molar-refractivity contribution in [3.05, 3.63) is 29.8 Å². The van der Waals surface area contributed by atoms with Crippen LogP contribution in [0.5, 0.6) is 0 Å². The smallest absolute Gasteiger partial charge is 0.348 e. The van der Waals surface area contributed by atoms with Crippen LogP contribution in [0.15, 0.2) is 29.2 Å². The van der Waals surface area contributed by atoms with Crippen LogP contribution in [0.3, 0.4) is 0 Å². The van der Waals surface area contributed by atoms with Crippen LogP contribution in [0.4, 0.5) is 0 Å². The normalized spacial score (nSPS) is 25.0. The van der Waals surface area contributed by atoms with E-state index in [1.165, 1.54) is 0 Å². The Bertz CT molecular complexity index is 525. The molecule has 1 aliphatic carbocycles. The Labute approximate surface area is 126 Å². The molecule has 1 spiro atoms. The summed E-state index contributed by atoms with van der Waals surface area (Å²) < 4.78 is 39.3. The van der Waals surface area contributed by atoms with Crippen molar-refractivity contribution in [2.45, 2.75) is 49.4 Å². The zero-order valence-electron chi connectivity index (χ0n) is 12.1. The summed E-state index contributed by atoms with van der Waals surface area (Å²) in [7, 11) is -3.44. The van der Waals surface area contributed by atoms with Crippen LogP contribution in [0.2, 0.25) is 0 Å². The topological polar surface area (TPSA) is 65.0 Å². The monoisotopic (exact) mass is 313 g/mol. The van der Waals surface area contributed by atoms with Gasteiger partial charge in [-0.05, 0) is 36.1 Å². The standard InChI is InChI=1S/C15H20O5S/c1-12-2-4-14(5-3-12)21(16,17)20-13-6-8-15(9-7-13)18-10-11-19-15/h2-5,13H,6-11H2,1H3/p+1. The van der Waals surface area contributed by atoms with Gasteiger partial charge >= 0.3 is 10.5 Å². The van der Waals surface area contributed by atoms with Gasteiger partial charge in [-0.1, -0.05) is 17.7 Å². The van der Waals surface area contributed by atoms with Gasteiger partial charge in [0.05, 0.1) is 13.2 Å². The molecule has 2 aliphatic rings. The van der Waals surface area contributed by atoms with E-state index in [0.717, 1.165) is 5.56 Å². The SMILES string of the molecule is Cc1ccc([S+](=O)(O)OC2CCC3(CC2)OCCO3)cc1. The Kier molecular flexibility index (Phi) is 4.16. The first-order chi connectivity index (χ1) is 9.99. The van der Waals surface area contributed by atoms with Crippen molar-refractivity contribution in [2.24, 2.45) is 0 Å². The molecule has 1 aliphatic heterocycles. The second kappa shape index (κ2) is 5.78. The number of hydrogen-bond acceptors (Lipinski definition) is 4. The van der Waals surface area contributed by atoms with Crippen LogP contribution < -0.4 is 0 Å². The molecule has 0 radical (unpaired) electrons. The third kappa shape index (κ3) is 3.35. The molecule has 6 heteroatoms. The number of rotatable bonds is 3. The van der Waals surface area contributed by atoms with E-state index in [1.54, 1.807) is 12.1 Å². The van der Waals surface area contributed by atoms with E-state index in [-0.39, 0.29) is 6.10 Å². The third-order valence-corrected chi connectivity index (χ3v) is 5.49. The maximum absolute atomic E-state index is 12.4. The summed E-state index contributed by atoms with van der Waals surface area (Å²) in [5.74, 6) is -0.472. The minimum Gasteiger partial charge on any atom is -0.348 e. The summed E-state index contributed by atoms with van der Waals surface area (Å²) in [5, 5.41) is 0. The van der Waals surface area contributed by atoms with Gasteiger partial charge in [0.15, 0.2) is 5.79 Å². The van der Waals surface area contributed by atoms with E-state index in [4.69, 9.17) is 13.7 Å². The van der Waals surface area contributed by atoms with Gasteiger partial charge in [-0.15, -0.1) is 4.18 Å². The Morgan fingerprint density at radius 2 is 1.76 bits per heavy atom. The fraction of sp³-hybridized carbons (Fsp3) is 0.600. The van der Waals surface area contributed by atoms with Gasteiger partial charge < -0.3 is 9.47 Å². The molecular weight excluding hydrogens is 292 g/mol. The zero-order valence-corrected chi connectivity index (χ0v) is 12.9. The molecule has 1 unspecified atom stereocenters. The van der Waals surface area contributed by atoms with Gasteiger partial charge in [-0.25, -0.2) is 0 Å². The third-order valence-electron chi connectivity index (χ3n) is 4.09. The second-order valence-electron chi connectivity index (χ2n) is 5.69. The van der Waals surface area contributed by atoms with Crippen LogP contribution in [0, 0.1) is 6.92 Å². The summed E-state index contributed by atoms with van der Waals surface area (Å²) in [6, 6.07) is 6.91. The van der Waals surface area contributed by atoms with Gasteiger partial charge in [0.25, 0.3) is 0 Å². The summed E-state index contributed by atoms with van der Waals surface area (Å²) in [6.45, 7) is 3.20. The lowest BCUT2D eigenvalue weighted by atomic mass is 9.92. The second-order valence-corrected chi connectivity index (χ2v) is 7.31. The van der Waals surface area contributed by atoms with Crippen LogP contribution in [-0.2, 0) is 28.4 Å². The Hall–Kier alpha value is -0.790. The van der Waals surface area contributed by atoms with Crippen molar-refractivity contribution in [2.75, 3.05) is 13.2 Å². The highest BCUT2D eigenvalue weighted by Gasteiger charge is 2.44. The van der Waals surface area contributed by atoms with Crippen molar-refractivity contribution in [3.8, 4) is 0 Å². The predicted octanol–water partition coefficient (Wildman–Crippen LogP) is 2.94. The average Bonchev–Trinajstić information content (AvgIpc) is 2.90. The van der Waals surface area contributed by atoms with Crippen LogP contribution in [-0.4, -0.2) is 29.7 Å². The Morgan fingerprint density at radius 1 is 1.19 bits per heavy atom. The molecule has 1 N–H and O–H groups in total. The highest BCUT2D eigenvalue weighted by Crippen LogP contribution is 2.38. The lowest BCUT2D eigenvalue weighted by molar-refractivity contribution is -0.186. The molecule has 1 aromatic rings. The van der Waals surface area contributed by atoms with Crippen molar-refractivity contribution in [1.82, 2.24) is 0 Å². The molecular formula is C15H21O5S+. The van der Waals surface area contributed by atoms with Gasteiger partial charge in [0, 0.05) is 12.8 Å². The molecule has 21 heavy (non-hydrogen) atoms. The molecule has 5 nitrogen and oxygen atoms in total. The first-order valence-corrected chi connectivity index (χ1v) is 8.73. The predicted molar refractivity (Wildman–Crippen MR) is 78.1 cm³/mol. The van der Waals surface area contributed by atoms with Crippen molar-refractivity contribution in [3.63, 3.8) is 0 Å². The maximum Gasteiger partial charge on any atom is 0.389 e. The zero-order chi connectivity index (χ0) is 14.9. The Balaban J connectivity index is 1.61. The summed E-state index contributed by atoms with van der Waals surface area (Å²) >= 11 is 0. The fourth-order valence-corrected chi connectivity index (χ4v) is 4.02. The van der Waals surface area contributed by atoms with E-state index >= 15 is 0 Å². The summed E-state index contributed by atoms with van der Waals surface area (Å²) in [4.78, 5) is 0.321. The molecule has 1 heterocycles. The number of benzene rings is 1. The van der Waals surface area contributed by atoms with Gasteiger partial charge in [-0.2, -0.15) is 4.55 Å². The first kappa shape index (κ1) is 15.1. The first-order valence-electron chi connectivity index (χ1n) is 7.29. The van der Waals surface area contributed by atoms with E-state index < -0.39 is 16.3 Å². The van der Waals surface area contributed by atoms with Crippen LogP contribution >= 0.6 is 0 Å². The van der Waals surface area contributed by atoms with Crippen molar-refractivity contribution in [1.29, 1.82) is 0 Å². The molecule has 0 amide bonds. The summed E-state index contributed by atoms with van der Waals surface area (Å²) in [5.41, 5.74) is 1.05. The molecule has 3 rings (SSSR count). The fourth-order valence-electron chi connectivity index (χ4n) is 2.86. The van der Waals surface area contributed by atoms with E-state index in [2.05, 4.69) is 0 Å². The minimum atomic E-state index is -3.44. The van der Waals surface area contributed by atoms with E-state index in [9.17, 15) is 8.76 Å². The van der Waals surface area contributed by atoms with Crippen molar-refractivity contribution < 1.29 is 22.4 Å². The molecule has 2 fully saturated rings. The number of aryl methyl sites for hydroxylation is 1. The van der Waals surface area contributed by atoms with Crippen LogP contribution in [0.1, 0.15) is 31.2 Å². The van der Waals surface area contributed by atoms with Crippen LogP contribution in [0.25, 0.3) is 0 Å². The molecule has 1 saturated heterocycles. The number of ether oxygens (including phenoxy) is 2. The molecule has 1 atom stereocenters. The highest BCUT2D eigenvalue weighted by molar-refractivity contribution is 7.93. The maximum atomic E-state index is 12.4. The van der Waals surface area contributed by atoms with Gasteiger partial charge in [0.2, 0.25) is 4.90 Å². The minimum absolute atomic E-state index is 0.234. The summed E-state index contributed by atoms with van der Waals surface area (Å²) in [6.07, 6.45) is 2.52. The number of hydrogen-bond donors (Lipinski definition) is 1. The van der Waals surface area contributed by atoms with E-state index in [1.807, 2.05) is 19.1 Å². The van der Waals surface area contributed by atoms with Crippen molar-refractivity contribution >= 4 is 10.5 Å². The average molecular weight is 313 g/mol. The van der Waals surface area contributed by atoms with E-state index in [0.29, 0.717) is 43.8 Å². The lowest BCUT2D eigenvalue weighted by Crippen LogP contribution is -2.38. The molecule has 0 aromatic heterocycles. The molecule has 116 valence electrons. The molecule has 1 saturated carbocycles. The van der Waals surface area contributed by atoms with Gasteiger partial charge in [-0.3, -0.25) is 0 Å². The Morgan fingerprint density at radius 3 is 2.33 bits per heavy atom. The molecule has 0 bridgehead atoms. The quantitative estimate of drug-likeness (QED) is 0.869. The van der Waals surface area contributed by atoms with Gasteiger partial charge in [0.1, 0.15) is 6.10 Å². The largest absolute Gasteiger partial charge is 0.389 e.